The molecule has 0 heterocycles. The molecule has 0 aromatic heterocycles. The number of amides is 1. The maximum absolute atomic E-state index is 10.7. The summed E-state index contributed by atoms with van der Waals surface area (Å²) in [6.07, 6.45) is -3.11. The fraction of sp³-hybridized carbons (Fsp3) is 0.875. The molecule has 1 saturated carbocycles. The topological polar surface area (TPSA) is 116 Å². The first-order valence-corrected chi connectivity index (χ1v) is 4.50. The highest BCUT2D eigenvalue weighted by atomic mass is 16.3. The van der Waals surface area contributed by atoms with E-state index in [-0.39, 0.29) is 12.3 Å². The molecule has 6 heteroatoms. The van der Waals surface area contributed by atoms with Crippen molar-refractivity contribution in [2.75, 3.05) is 0 Å². The van der Waals surface area contributed by atoms with E-state index in [2.05, 4.69) is 5.32 Å². The molecule has 1 aliphatic rings. The molecule has 82 valence electrons. The second-order valence-electron chi connectivity index (χ2n) is 3.67. The molecule has 1 amide bonds. The van der Waals surface area contributed by atoms with Gasteiger partial charge >= 0.3 is 0 Å². The van der Waals surface area contributed by atoms with E-state index in [0.717, 1.165) is 0 Å². The van der Waals surface area contributed by atoms with Crippen LogP contribution in [-0.2, 0) is 4.79 Å². The summed E-state index contributed by atoms with van der Waals surface area (Å²) < 4.78 is 0. The molecule has 6 N–H and O–H groups in total. The largest absolute Gasteiger partial charge is 0.391 e. The highest BCUT2D eigenvalue weighted by Gasteiger charge is 2.41. The Bertz CT molecular complexity index is 223. The molecule has 0 saturated heterocycles. The van der Waals surface area contributed by atoms with Crippen LogP contribution in [0.1, 0.15) is 13.3 Å². The fourth-order valence-electron chi connectivity index (χ4n) is 1.67. The number of rotatable bonds is 1. The van der Waals surface area contributed by atoms with Gasteiger partial charge in [0.2, 0.25) is 5.91 Å². The summed E-state index contributed by atoms with van der Waals surface area (Å²) in [5.41, 5.74) is 5.47. The molecule has 1 rings (SSSR count). The Morgan fingerprint density at radius 2 is 1.93 bits per heavy atom. The molecule has 5 unspecified atom stereocenters. The van der Waals surface area contributed by atoms with Gasteiger partial charge in [0, 0.05) is 13.0 Å². The van der Waals surface area contributed by atoms with Crippen molar-refractivity contribution in [3.05, 3.63) is 0 Å². The SMILES string of the molecule is CC(=O)NC1C(O)CC(N)C(O)C1O. The van der Waals surface area contributed by atoms with E-state index in [0.29, 0.717) is 0 Å². The zero-order valence-corrected chi connectivity index (χ0v) is 7.92. The standard InChI is InChI=1S/C8H16N2O4/c1-3(11)10-6-5(12)2-4(9)7(13)8(6)14/h4-8,12-14H,2,9H2,1H3,(H,10,11). The zero-order chi connectivity index (χ0) is 10.9. The van der Waals surface area contributed by atoms with Gasteiger partial charge in [-0.25, -0.2) is 0 Å². The summed E-state index contributed by atoms with van der Waals surface area (Å²) in [5, 5.41) is 30.8. The van der Waals surface area contributed by atoms with Crippen molar-refractivity contribution in [1.82, 2.24) is 5.32 Å². The smallest absolute Gasteiger partial charge is 0.217 e. The Morgan fingerprint density at radius 1 is 1.36 bits per heavy atom. The van der Waals surface area contributed by atoms with E-state index in [4.69, 9.17) is 5.73 Å². The highest BCUT2D eigenvalue weighted by molar-refractivity contribution is 5.73. The van der Waals surface area contributed by atoms with Crippen molar-refractivity contribution < 1.29 is 20.1 Å². The molecule has 0 radical (unpaired) electrons. The number of carbonyl (C=O) groups excluding carboxylic acids is 1. The molecular formula is C8H16N2O4. The van der Waals surface area contributed by atoms with Crippen LogP contribution in [0, 0.1) is 0 Å². The lowest BCUT2D eigenvalue weighted by atomic mass is 9.84. The number of aliphatic hydroxyl groups excluding tert-OH is 3. The molecule has 14 heavy (non-hydrogen) atoms. The van der Waals surface area contributed by atoms with Gasteiger partial charge in [0.25, 0.3) is 0 Å². The minimum Gasteiger partial charge on any atom is -0.391 e. The second-order valence-corrected chi connectivity index (χ2v) is 3.67. The average Bonchev–Trinajstić information content (AvgIpc) is 2.09. The summed E-state index contributed by atoms with van der Waals surface area (Å²) in [6.45, 7) is 1.28. The van der Waals surface area contributed by atoms with Crippen LogP contribution in [0.3, 0.4) is 0 Å². The lowest BCUT2D eigenvalue weighted by Crippen LogP contribution is -2.63. The molecule has 5 atom stereocenters. The molecule has 0 aliphatic heterocycles. The first kappa shape index (κ1) is 11.4. The van der Waals surface area contributed by atoms with Gasteiger partial charge in [-0.3, -0.25) is 4.79 Å². The number of carbonyl (C=O) groups is 1. The quantitative estimate of drug-likeness (QED) is 0.319. The molecular weight excluding hydrogens is 188 g/mol. The van der Waals surface area contributed by atoms with Crippen molar-refractivity contribution >= 4 is 5.91 Å². The summed E-state index contributed by atoms with van der Waals surface area (Å²) in [5.74, 6) is -0.365. The van der Waals surface area contributed by atoms with Gasteiger partial charge < -0.3 is 26.4 Å². The van der Waals surface area contributed by atoms with Crippen LogP contribution >= 0.6 is 0 Å². The van der Waals surface area contributed by atoms with E-state index in [9.17, 15) is 20.1 Å². The molecule has 0 spiro atoms. The number of aliphatic hydroxyl groups is 3. The Hall–Kier alpha value is -0.690. The zero-order valence-electron chi connectivity index (χ0n) is 7.92. The molecule has 0 aromatic carbocycles. The number of hydrogen-bond donors (Lipinski definition) is 5. The molecule has 1 aliphatic carbocycles. The van der Waals surface area contributed by atoms with E-state index in [1.807, 2.05) is 0 Å². The molecule has 0 aromatic rings. The fourth-order valence-corrected chi connectivity index (χ4v) is 1.67. The second kappa shape index (κ2) is 4.22. The summed E-state index contributed by atoms with van der Waals surface area (Å²) in [6, 6.07) is -1.51. The third kappa shape index (κ3) is 2.21. The van der Waals surface area contributed by atoms with Crippen molar-refractivity contribution in [2.45, 2.75) is 43.7 Å². The minimum absolute atomic E-state index is 0.156. The first-order chi connectivity index (χ1) is 6.43. The normalized spacial score (nSPS) is 43.4. The van der Waals surface area contributed by atoms with Crippen LogP contribution in [0.4, 0.5) is 0 Å². The van der Waals surface area contributed by atoms with Crippen molar-refractivity contribution in [2.24, 2.45) is 5.73 Å². The van der Waals surface area contributed by atoms with E-state index in [1.165, 1.54) is 6.92 Å². The van der Waals surface area contributed by atoms with Crippen LogP contribution in [-0.4, -0.2) is 51.6 Å². The van der Waals surface area contributed by atoms with Gasteiger partial charge in [-0.05, 0) is 6.42 Å². The molecule has 1 fully saturated rings. The van der Waals surface area contributed by atoms with Crippen molar-refractivity contribution in [3.8, 4) is 0 Å². The highest BCUT2D eigenvalue weighted by Crippen LogP contribution is 2.19. The minimum atomic E-state index is -1.22. The number of nitrogens with one attached hydrogen (secondary N) is 1. The predicted octanol–water partition coefficient (Wildman–Crippen LogP) is -2.70. The molecule has 0 bridgehead atoms. The Morgan fingerprint density at radius 3 is 2.43 bits per heavy atom. The lowest BCUT2D eigenvalue weighted by molar-refractivity contribution is -0.127. The Kier molecular flexibility index (Phi) is 3.43. The van der Waals surface area contributed by atoms with Crippen LogP contribution < -0.4 is 11.1 Å². The van der Waals surface area contributed by atoms with Gasteiger partial charge in [-0.2, -0.15) is 0 Å². The lowest BCUT2D eigenvalue weighted by Gasteiger charge is -2.39. The van der Waals surface area contributed by atoms with Gasteiger partial charge in [0.15, 0.2) is 0 Å². The Balaban J connectivity index is 2.68. The summed E-state index contributed by atoms with van der Waals surface area (Å²) in [4.78, 5) is 10.7. The summed E-state index contributed by atoms with van der Waals surface area (Å²) >= 11 is 0. The van der Waals surface area contributed by atoms with Gasteiger partial charge in [0.1, 0.15) is 6.10 Å². The monoisotopic (exact) mass is 204 g/mol. The maximum atomic E-state index is 10.7. The van der Waals surface area contributed by atoms with Crippen LogP contribution in [0.15, 0.2) is 0 Å². The number of hydrogen-bond acceptors (Lipinski definition) is 5. The third-order valence-corrected chi connectivity index (χ3v) is 2.45. The van der Waals surface area contributed by atoms with E-state index in [1.54, 1.807) is 0 Å². The predicted molar refractivity (Wildman–Crippen MR) is 48.2 cm³/mol. The van der Waals surface area contributed by atoms with Gasteiger partial charge in [-0.1, -0.05) is 0 Å². The van der Waals surface area contributed by atoms with Gasteiger partial charge in [-0.15, -0.1) is 0 Å². The average molecular weight is 204 g/mol. The van der Waals surface area contributed by atoms with Gasteiger partial charge in [0.05, 0.1) is 18.2 Å². The molecule has 6 nitrogen and oxygen atoms in total. The summed E-state index contributed by atoms with van der Waals surface area (Å²) in [7, 11) is 0. The van der Waals surface area contributed by atoms with Crippen LogP contribution in [0.25, 0.3) is 0 Å². The van der Waals surface area contributed by atoms with Crippen molar-refractivity contribution in [1.29, 1.82) is 0 Å². The third-order valence-electron chi connectivity index (χ3n) is 2.45. The van der Waals surface area contributed by atoms with Crippen LogP contribution in [0.2, 0.25) is 0 Å². The number of nitrogens with two attached hydrogens (primary N) is 1. The van der Waals surface area contributed by atoms with Crippen molar-refractivity contribution in [3.63, 3.8) is 0 Å². The van der Waals surface area contributed by atoms with E-state index < -0.39 is 30.4 Å². The Labute approximate surface area is 81.7 Å². The first-order valence-electron chi connectivity index (χ1n) is 4.50. The van der Waals surface area contributed by atoms with Crippen LogP contribution in [0.5, 0.6) is 0 Å². The maximum Gasteiger partial charge on any atom is 0.217 e. The van der Waals surface area contributed by atoms with E-state index >= 15 is 0 Å².